The lowest BCUT2D eigenvalue weighted by molar-refractivity contribution is 0.608. The van der Waals surface area contributed by atoms with Crippen molar-refractivity contribution in [2.45, 2.75) is 9.79 Å². The van der Waals surface area contributed by atoms with Gasteiger partial charge < -0.3 is 0 Å². The van der Waals surface area contributed by atoms with Crippen LogP contribution in [0.4, 0.5) is 0 Å². The van der Waals surface area contributed by atoms with Crippen molar-refractivity contribution in [1.29, 1.82) is 0 Å². The molecule has 0 saturated carbocycles. The lowest BCUT2D eigenvalue weighted by atomic mass is 9.92. The van der Waals surface area contributed by atoms with Gasteiger partial charge in [-0.3, -0.25) is 4.79 Å². The van der Waals surface area contributed by atoms with Crippen LogP contribution in [0.2, 0.25) is 0 Å². The van der Waals surface area contributed by atoms with Gasteiger partial charge in [0.05, 0.1) is 15.0 Å². The maximum atomic E-state index is 13.5. The topological polar surface area (TPSA) is 85.3 Å². The van der Waals surface area contributed by atoms with E-state index in [1.165, 1.54) is 23.5 Å². The standard InChI is InChI=1S/C23H10Cl2O5S3/c24-32(27,28)17-5-1-3-11-12-9-10-16-20-13(7-8-15(19(12)20)22(26)21(11)17)14-4-2-6-18(23(14)31-16)33(25,29)30/h1-10H. The molecule has 0 fully saturated rings. The van der Waals surface area contributed by atoms with Crippen molar-refractivity contribution >= 4 is 103 Å². The fraction of sp³-hybridized carbons (Fsp3) is 0. The van der Waals surface area contributed by atoms with Gasteiger partial charge in [0.15, 0.2) is 5.43 Å². The second kappa shape index (κ2) is 6.77. The molecule has 10 heteroatoms. The third-order valence-corrected chi connectivity index (χ3v) is 9.98. The number of benzene rings is 5. The number of rotatable bonds is 2. The van der Waals surface area contributed by atoms with Crippen molar-refractivity contribution in [1.82, 2.24) is 0 Å². The zero-order valence-corrected chi connectivity index (χ0v) is 20.3. The Morgan fingerprint density at radius 1 is 0.576 bits per heavy atom. The highest BCUT2D eigenvalue weighted by atomic mass is 35.7. The first kappa shape index (κ1) is 21.1. The number of hydrogen-bond acceptors (Lipinski definition) is 6. The van der Waals surface area contributed by atoms with Crippen molar-refractivity contribution < 1.29 is 16.8 Å². The summed E-state index contributed by atoms with van der Waals surface area (Å²) in [6.45, 7) is 0. The average molecular weight is 533 g/mol. The molecule has 33 heavy (non-hydrogen) atoms. The van der Waals surface area contributed by atoms with E-state index in [1.807, 2.05) is 18.2 Å². The van der Waals surface area contributed by atoms with Gasteiger partial charge in [-0.1, -0.05) is 36.4 Å². The molecule has 6 aromatic rings. The molecule has 0 unspecified atom stereocenters. The van der Waals surface area contributed by atoms with Gasteiger partial charge in [0, 0.05) is 47.6 Å². The number of halogens is 2. The minimum Gasteiger partial charge on any atom is -0.289 e. The Labute approximate surface area is 199 Å². The smallest absolute Gasteiger partial charge is 0.262 e. The molecule has 1 aromatic heterocycles. The Kier molecular flexibility index (Phi) is 4.32. The summed E-state index contributed by atoms with van der Waals surface area (Å²) in [5.74, 6) is 0. The van der Waals surface area contributed by atoms with E-state index in [4.69, 9.17) is 21.4 Å². The Morgan fingerprint density at radius 2 is 1.12 bits per heavy atom. The molecule has 0 aliphatic carbocycles. The van der Waals surface area contributed by atoms with Crippen LogP contribution in [0.3, 0.4) is 0 Å². The molecule has 1 heterocycles. The zero-order valence-electron chi connectivity index (χ0n) is 16.3. The van der Waals surface area contributed by atoms with Crippen LogP contribution < -0.4 is 5.43 Å². The highest BCUT2D eigenvalue weighted by molar-refractivity contribution is 8.14. The molecule has 0 spiro atoms. The Bertz CT molecular complexity index is 2100. The molecule has 0 aliphatic heterocycles. The molecule has 5 aromatic carbocycles. The van der Waals surface area contributed by atoms with Gasteiger partial charge in [0.2, 0.25) is 0 Å². The van der Waals surface area contributed by atoms with Gasteiger partial charge in [0.1, 0.15) is 4.90 Å². The van der Waals surface area contributed by atoms with Crippen LogP contribution in [-0.2, 0) is 18.1 Å². The van der Waals surface area contributed by atoms with Crippen molar-refractivity contribution in [3.8, 4) is 0 Å². The predicted octanol–water partition coefficient (Wildman–Crippen LogP) is 6.17. The molecule has 6 rings (SSSR count). The lowest BCUT2D eigenvalue weighted by Gasteiger charge is -2.15. The van der Waals surface area contributed by atoms with Crippen LogP contribution in [-0.4, -0.2) is 16.8 Å². The van der Waals surface area contributed by atoms with Crippen LogP contribution in [0.25, 0.3) is 52.5 Å². The molecule has 0 aliphatic rings. The quantitative estimate of drug-likeness (QED) is 0.151. The summed E-state index contributed by atoms with van der Waals surface area (Å²) >= 11 is 1.28. The summed E-state index contributed by atoms with van der Waals surface area (Å²) in [4.78, 5) is 13.3. The second-order valence-corrected chi connectivity index (χ2v) is 13.8. The van der Waals surface area contributed by atoms with E-state index in [1.54, 1.807) is 30.3 Å². The molecule has 5 nitrogen and oxygen atoms in total. The van der Waals surface area contributed by atoms with Crippen molar-refractivity contribution in [2.24, 2.45) is 0 Å². The largest absolute Gasteiger partial charge is 0.289 e. The van der Waals surface area contributed by atoms with E-state index in [0.29, 0.717) is 31.6 Å². The van der Waals surface area contributed by atoms with Crippen molar-refractivity contribution in [2.75, 3.05) is 0 Å². The van der Waals surface area contributed by atoms with E-state index < -0.39 is 23.5 Å². The van der Waals surface area contributed by atoms with Gasteiger partial charge in [-0.05, 0) is 40.4 Å². The van der Waals surface area contributed by atoms with Gasteiger partial charge in [-0.15, -0.1) is 11.3 Å². The normalized spacial score (nSPS) is 13.2. The molecule has 164 valence electrons. The molecular formula is C23H10Cl2O5S3. The first-order chi connectivity index (χ1) is 15.6. The van der Waals surface area contributed by atoms with Crippen LogP contribution in [0.15, 0.2) is 75.2 Å². The highest BCUT2D eigenvalue weighted by Gasteiger charge is 2.23. The highest BCUT2D eigenvalue weighted by Crippen LogP contribution is 2.44. The van der Waals surface area contributed by atoms with Crippen LogP contribution in [0, 0.1) is 0 Å². The molecule has 0 bridgehead atoms. The minimum atomic E-state index is -4.14. The Balaban J connectivity index is 1.92. The van der Waals surface area contributed by atoms with Gasteiger partial charge in [-0.2, -0.15) is 0 Å². The summed E-state index contributed by atoms with van der Waals surface area (Å²) in [6.07, 6.45) is 0. The molecule has 0 saturated heterocycles. The fourth-order valence-corrected chi connectivity index (χ4v) is 8.40. The SMILES string of the molecule is O=c1c2ccc3c4cccc(S(=O)(=O)Cl)c4sc4ccc(c5cccc(S(=O)(=O)Cl)c15)c2c43. The second-order valence-electron chi connectivity index (χ2n) is 7.64. The molecular weight excluding hydrogens is 523 g/mol. The summed E-state index contributed by atoms with van der Waals surface area (Å²) in [6, 6.07) is 16.6. The van der Waals surface area contributed by atoms with Crippen LogP contribution >= 0.6 is 32.7 Å². The van der Waals surface area contributed by atoms with Gasteiger partial charge in [0.25, 0.3) is 18.1 Å². The maximum absolute atomic E-state index is 13.5. The Morgan fingerprint density at radius 3 is 1.82 bits per heavy atom. The predicted molar refractivity (Wildman–Crippen MR) is 135 cm³/mol. The number of hydrogen-bond donors (Lipinski definition) is 0. The number of fused-ring (bicyclic) bond motifs is 4. The summed E-state index contributed by atoms with van der Waals surface area (Å²) in [5.41, 5.74) is -0.422. The van der Waals surface area contributed by atoms with E-state index in [-0.39, 0.29) is 15.2 Å². The third kappa shape index (κ3) is 2.92. The van der Waals surface area contributed by atoms with Crippen molar-refractivity contribution in [3.63, 3.8) is 0 Å². The summed E-state index contributed by atoms with van der Waals surface area (Å²) in [7, 11) is 3.22. The third-order valence-electron chi connectivity index (χ3n) is 5.92. The van der Waals surface area contributed by atoms with Gasteiger partial charge in [-0.25, -0.2) is 16.8 Å². The molecule has 0 atom stereocenters. The minimum absolute atomic E-state index is 0.0316. The lowest BCUT2D eigenvalue weighted by Crippen LogP contribution is -2.07. The van der Waals surface area contributed by atoms with Gasteiger partial charge >= 0.3 is 0 Å². The molecule has 0 N–H and O–H groups in total. The van der Waals surface area contributed by atoms with E-state index in [2.05, 4.69) is 0 Å². The monoisotopic (exact) mass is 532 g/mol. The van der Waals surface area contributed by atoms with Crippen LogP contribution in [0.1, 0.15) is 0 Å². The fourth-order valence-electron chi connectivity index (χ4n) is 4.65. The first-order valence-corrected chi connectivity index (χ1v) is 15.0. The average Bonchev–Trinajstić information content (AvgIpc) is 2.76. The van der Waals surface area contributed by atoms with Crippen LogP contribution in [0.5, 0.6) is 0 Å². The maximum Gasteiger partial charge on any atom is 0.262 e. The van der Waals surface area contributed by atoms with Crippen molar-refractivity contribution in [3.05, 3.63) is 70.9 Å². The van der Waals surface area contributed by atoms with E-state index >= 15 is 0 Å². The Hall–Kier alpha value is -2.49. The zero-order chi connectivity index (χ0) is 23.3. The summed E-state index contributed by atoms with van der Waals surface area (Å²) < 4.78 is 50.0. The molecule has 0 radical (unpaired) electrons. The summed E-state index contributed by atoms with van der Waals surface area (Å²) in [5, 5.41) is 4.62. The first-order valence-electron chi connectivity index (χ1n) is 9.56. The molecule has 0 amide bonds. The van der Waals surface area contributed by atoms with E-state index in [0.717, 1.165) is 15.5 Å². The van der Waals surface area contributed by atoms with E-state index in [9.17, 15) is 21.6 Å².